The molecule has 4 heterocycles. The lowest BCUT2D eigenvalue weighted by Crippen LogP contribution is -2.33. The van der Waals surface area contributed by atoms with Crippen molar-refractivity contribution < 1.29 is 4.39 Å². The van der Waals surface area contributed by atoms with Crippen molar-refractivity contribution in [2.75, 3.05) is 6.54 Å². The molecule has 0 radical (unpaired) electrons. The van der Waals surface area contributed by atoms with Crippen molar-refractivity contribution in [3.63, 3.8) is 0 Å². The van der Waals surface area contributed by atoms with Crippen LogP contribution in [0.3, 0.4) is 0 Å². The molecule has 0 N–H and O–H groups in total. The maximum Gasteiger partial charge on any atom is 0.123 e. The number of aromatic nitrogens is 4. The summed E-state index contributed by atoms with van der Waals surface area (Å²) in [7, 11) is 0. The van der Waals surface area contributed by atoms with Crippen LogP contribution in [0.2, 0.25) is 0 Å². The van der Waals surface area contributed by atoms with E-state index in [4.69, 9.17) is 5.10 Å². The number of benzene rings is 1. The van der Waals surface area contributed by atoms with Crippen LogP contribution in [0.1, 0.15) is 17.1 Å². The first-order valence-corrected chi connectivity index (χ1v) is 10.1. The van der Waals surface area contributed by atoms with Crippen molar-refractivity contribution in [2.45, 2.75) is 26.6 Å². The molecular formula is C24H22FN5. The second-order valence-corrected chi connectivity index (χ2v) is 7.62. The molecule has 1 aliphatic rings. The maximum atomic E-state index is 13.5. The van der Waals surface area contributed by atoms with Gasteiger partial charge in [-0.3, -0.25) is 19.5 Å². The minimum absolute atomic E-state index is 0.245. The van der Waals surface area contributed by atoms with Gasteiger partial charge >= 0.3 is 0 Å². The van der Waals surface area contributed by atoms with Crippen LogP contribution in [-0.2, 0) is 19.6 Å². The van der Waals surface area contributed by atoms with Crippen LogP contribution in [0.4, 0.5) is 4.39 Å². The highest BCUT2D eigenvalue weighted by molar-refractivity contribution is 5.83. The van der Waals surface area contributed by atoms with Gasteiger partial charge in [0.05, 0.1) is 17.9 Å². The summed E-state index contributed by atoms with van der Waals surface area (Å²) in [5.41, 5.74) is 7.17. The van der Waals surface area contributed by atoms with Gasteiger partial charge in [-0.25, -0.2) is 4.39 Å². The Morgan fingerprint density at radius 2 is 1.80 bits per heavy atom. The molecule has 5 nitrogen and oxygen atoms in total. The zero-order valence-electron chi connectivity index (χ0n) is 16.8. The molecule has 1 aromatic carbocycles. The van der Waals surface area contributed by atoms with E-state index in [0.29, 0.717) is 0 Å². The molecule has 0 bridgehead atoms. The standard InChI is InChI=1S/C24H22FN5/c1-17-14-19(9-11-26-17)23-22-16-29(15-21-4-2-3-10-27-21)12-13-30(22)28-24(23)18-5-7-20(25)8-6-18/h2-11,14H,12-13,15-16H2,1H3. The number of nitrogens with zero attached hydrogens (tertiary/aromatic N) is 5. The topological polar surface area (TPSA) is 46.8 Å². The molecule has 150 valence electrons. The van der Waals surface area contributed by atoms with Crippen molar-refractivity contribution in [1.29, 1.82) is 0 Å². The van der Waals surface area contributed by atoms with Crippen molar-refractivity contribution in [1.82, 2.24) is 24.6 Å². The summed E-state index contributed by atoms with van der Waals surface area (Å²) in [6, 6.07) is 16.7. The Labute approximate surface area is 174 Å². The van der Waals surface area contributed by atoms with Gasteiger partial charge in [0.2, 0.25) is 0 Å². The molecule has 6 heteroatoms. The van der Waals surface area contributed by atoms with E-state index in [1.165, 1.54) is 17.8 Å². The molecule has 0 saturated heterocycles. The average molecular weight is 399 g/mol. The monoisotopic (exact) mass is 399 g/mol. The molecule has 1 aliphatic heterocycles. The first-order valence-electron chi connectivity index (χ1n) is 10.1. The van der Waals surface area contributed by atoms with Crippen molar-refractivity contribution in [3.05, 3.63) is 89.9 Å². The fraction of sp³-hybridized carbons (Fsp3) is 0.208. The first-order chi connectivity index (χ1) is 14.7. The maximum absolute atomic E-state index is 13.5. The van der Waals surface area contributed by atoms with Crippen LogP contribution in [0.5, 0.6) is 0 Å². The van der Waals surface area contributed by atoms with Gasteiger partial charge in [-0.15, -0.1) is 0 Å². The molecular weight excluding hydrogens is 377 g/mol. The third-order valence-electron chi connectivity index (χ3n) is 5.47. The van der Waals surface area contributed by atoms with Gasteiger partial charge in [-0.2, -0.15) is 5.10 Å². The molecule has 0 fully saturated rings. The Kier molecular flexibility index (Phi) is 4.85. The van der Waals surface area contributed by atoms with Gasteiger partial charge in [0.25, 0.3) is 0 Å². The number of halogens is 1. The molecule has 4 aromatic rings. The first kappa shape index (κ1) is 18.6. The van der Waals surface area contributed by atoms with Crippen molar-refractivity contribution >= 4 is 0 Å². The lowest BCUT2D eigenvalue weighted by Gasteiger charge is -2.28. The Morgan fingerprint density at radius 3 is 2.57 bits per heavy atom. The van der Waals surface area contributed by atoms with Crippen LogP contribution in [0.15, 0.2) is 67.0 Å². The molecule has 0 spiro atoms. The lowest BCUT2D eigenvalue weighted by atomic mass is 9.98. The highest BCUT2D eigenvalue weighted by atomic mass is 19.1. The van der Waals surface area contributed by atoms with E-state index in [1.54, 1.807) is 12.1 Å². The van der Waals surface area contributed by atoms with Crippen LogP contribution < -0.4 is 0 Å². The Bertz CT molecular complexity index is 1170. The number of rotatable bonds is 4. The van der Waals surface area contributed by atoms with Crippen LogP contribution in [0.25, 0.3) is 22.4 Å². The molecule has 3 aromatic heterocycles. The highest BCUT2D eigenvalue weighted by Gasteiger charge is 2.26. The largest absolute Gasteiger partial charge is 0.290 e. The second-order valence-electron chi connectivity index (χ2n) is 7.62. The fourth-order valence-corrected chi connectivity index (χ4v) is 4.04. The molecule has 0 atom stereocenters. The fourth-order valence-electron chi connectivity index (χ4n) is 4.04. The minimum Gasteiger partial charge on any atom is -0.290 e. The zero-order chi connectivity index (χ0) is 20.5. The number of pyridine rings is 2. The summed E-state index contributed by atoms with van der Waals surface area (Å²) in [5.74, 6) is -0.245. The van der Waals surface area contributed by atoms with Crippen LogP contribution in [0, 0.1) is 12.7 Å². The summed E-state index contributed by atoms with van der Waals surface area (Å²) < 4.78 is 15.6. The number of aryl methyl sites for hydroxylation is 1. The van der Waals surface area contributed by atoms with E-state index in [2.05, 4.69) is 31.7 Å². The average Bonchev–Trinajstić information content (AvgIpc) is 3.14. The summed E-state index contributed by atoms with van der Waals surface area (Å²) in [4.78, 5) is 11.2. The van der Waals surface area contributed by atoms with Gasteiger partial charge < -0.3 is 0 Å². The van der Waals surface area contributed by atoms with Crippen molar-refractivity contribution in [2.24, 2.45) is 0 Å². The van der Waals surface area contributed by atoms with E-state index in [0.717, 1.165) is 60.0 Å². The predicted molar refractivity (Wildman–Crippen MR) is 114 cm³/mol. The molecule has 5 rings (SSSR count). The third-order valence-corrected chi connectivity index (χ3v) is 5.47. The van der Waals surface area contributed by atoms with E-state index in [1.807, 2.05) is 37.5 Å². The second kappa shape index (κ2) is 7.80. The normalized spacial score (nSPS) is 13.9. The zero-order valence-corrected chi connectivity index (χ0v) is 16.8. The quantitative estimate of drug-likeness (QED) is 0.508. The Balaban J connectivity index is 1.58. The Hall–Kier alpha value is -3.38. The van der Waals surface area contributed by atoms with Crippen molar-refractivity contribution in [3.8, 4) is 22.4 Å². The third kappa shape index (κ3) is 3.62. The molecule has 0 aliphatic carbocycles. The van der Waals surface area contributed by atoms with E-state index in [9.17, 15) is 4.39 Å². The van der Waals surface area contributed by atoms with Gasteiger partial charge in [0.1, 0.15) is 11.5 Å². The van der Waals surface area contributed by atoms with Gasteiger partial charge in [-0.05, 0) is 61.0 Å². The van der Waals surface area contributed by atoms with Crippen LogP contribution >= 0.6 is 0 Å². The highest BCUT2D eigenvalue weighted by Crippen LogP contribution is 2.36. The van der Waals surface area contributed by atoms with E-state index >= 15 is 0 Å². The van der Waals surface area contributed by atoms with Gasteiger partial charge in [-0.1, -0.05) is 6.07 Å². The smallest absolute Gasteiger partial charge is 0.123 e. The van der Waals surface area contributed by atoms with Gasteiger partial charge in [0.15, 0.2) is 0 Å². The molecule has 30 heavy (non-hydrogen) atoms. The molecule has 0 unspecified atom stereocenters. The number of hydrogen-bond donors (Lipinski definition) is 0. The number of hydrogen-bond acceptors (Lipinski definition) is 4. The summed E-state index contributed by atoms with van der Waals surface area (Å²) in [5, 5.41) is 4.93. The van der Waals surface area contributed by atoms with E-state index in [-0.39, 0.29) is 5.82 Å². The van der Waals surface area contributed by atoms with E-state index < -0.39 is 0 Å². The van der Waals surface area contributed by atoms with Gasteiger partial charge in [0, 0.05) is 48.8 Å². The number of fused-ring (bicyclic) bond motifs is 1. The summed E-state index contributed by atoms with van der Waals surface area (Å²) in [6.45, 7) is 5.28. The predicted octanol–water partition coefficient (Wildman–Crippen LogP) is 4.47. The summed E-state index contributed by atoms with van der Waals surface area (Å²) >= 11 is 0. The molecule has 0 amide bonds. The minimum atomic E-state index is -0.245. The van der Waals surface area contributed by atoms with Crippen LogP contribution in [-0.4, -0.2) is 31.2 Å². The SMILES string of the molecule is Cc1cc(-c2c(-c3ccc(F)cc3)nn3c2CN(Cc2ccccn2)CC3)ccn1. The lowest BCUT2D eigenvalue weighted by molar-refractivity contribution is 0.203. The molecule has 0 saturated carbocycles. The summed E-state index contributed by atoms with van der Waals surface area (Å²) in [6.07, 6.45) is 3.67. The Morgan fingerprint density at radius 1 is 0.933 bits per heavy atom.